The average Bonchev–Trinajstić information content (AvgIpc) is 2.82. The fraction of sp³-hybridized carbons (Fsp3) is 0.333. The number of benzene rings is 1. The molecule has 2 atom stereocenters. The first-order valence-electron chi connectivity index (χ1n) is 5.50. The van der Waals surface area contributed by atoms with Crippen LogP contribution in [0, 0.1) is 11.8 Å². The summed E-state index contributed by atoms with van der Waals surface area (Å²) in [4.78, 5) is 25.1. The molecular weight excluding hydrogens is 240 g/mol. The molecule has 0 radical (unpaired) electrons. The molecule has 2 amide bonds. The summed E-state index contributed by atoms with van der Waals surface area (Å²) in [6.45, 7) is 1.17. The number of amides is 2. The highest BCUT2D eigenvalue weighted by Crippen LogP contribution is 2.32. The van der Waals surface area contributed by atoms with Gasteiger partial charge < -0.3 is 4.90 Å². The summed E-state index contributed by atoms with van der Waals surface area (Å²) in [6, 6.07) is 7.47. The highest BCUT2D eigenvalue weighted by atomic mass is 35.5. The molecule has 1 aromatic carbocycles. The number of halogens is 1. The third kappa shape index (κ3) is 1.69. The average molecular weight is 251 g/mol. The zero-order valence-corrected chi connectivity index (χ0v) is 9.78. The van der Waals surface area contributed by atoms with E-state index in [0.717, 1.165) is 5.69 Å². The van der Waals surface area contributed by atoms with Crippen molar-refractivity contribution in [1.82, 2.24) is 5.32 Å². The van der Waals surface area contributed by atoms with E-state index in [1.807, 2.05) is 23.1 Å². The molecule has 1 N–H and O–H groups in total. The SMILES string of the molecule is O=C1NC(=O)C2CN(c3cccc(Cl)c3)CC12. The van der Waals surface area contributed by atoms with E-state index in [0.29, 0.717) is 18.1 Å². The molecule has 2 saturated heterocycles. The minimum absolute atomic E-state index is 0.149. The van der Waals surface area contributed by atoms with Crippen molar-refractivity contribution in [3.63, 3.8) is 0 Å². The van der Waals surface area contributed by atoms with Crippen LogP contribution in [0.1, 0.15) is 0 Å². The first-order chi connectivity index (χ1) is 8.15. The molecule has 2 heterocycles. The number of fused-ring (bicyclic) bond motifs is 1. The lowest BCUT2D eigenvalue weighted by Gasteiger charge is -2.19. The third-order valence-corrected chi connectivity index (χ3v) is 3.65. The number of anilines is 1. The Kier molecular flexibility index (Phi) is 2.33. The monoisotopic (exact) mass is 250 g/mol. The van der Waals surface area contributed by atoms with Crippen LogP contribution in [0.2, 0.25) is 5.02 Å². The van der Waals surface area contributed by atoms with Crippen molar-refractivity contribution in [3.05, 3.63) is 29.3 Å². The van der Waals surface area contributed by atoms with E-state index in [2.05, 4.69) is 5.32 Å². The van der Waals surface area contributed by atoms with Crippen molar-refractivity contribution in [2.75, 3.05) is 18.0 Å². The number of hydrogen-bond donors (Lipinski definition) is 1. The predicted octanol–water partition coefficient (Wildman–Crippen LogP) is 1.05. The maximum absolute atomic E-state index is 11.5. The first-order valence-corrected chi connectivity index (χ1v) is 5.88. The van der Waals surface area contributed by atoms with Crippen molar-refractivity contribution in [2.24, 2.45) is 11.8 Å². The van der Waals surface area contributed by atoms with Crippen molar-refractivity contribution >= 4 is 29.1 Å². The number of carbonyl (C=O) groups excluding carboxylic acids is 2. The molecule has 0 spiro atoms. The van der Waals surface area contributed by atoms with E-state index in [-0.39, 0.29) is 23.7 Å². The van der Waals surface area contributed by atoms with Crippen LogP contribution >= 0.6 is 11.6 Å². The molecule has 3 rings (SSSR count). The van der Waals surface area contributed by atoms with Crippen LogP contribution in [-0.2, 0) is 9.59 Å². The number of nitrogens with one attached hydrogen (secondary N) is 1. The second-order valence-electron chi connectivity index (χ2n) is 4.45. The quantitative estimate of drug-likeness (QED) is 0.758. The molecule has 4 nitrogen and oxygen atoms in total. The van der Waals surface area contributed by atoms with E-state index >= 15 is 0 Å². The molecule has 2 unspecified atom stereocenters. The normalized spacial score (nSPS) is 27.2. The van der Waals surface area contributed by atoms with Crippen molar-refractivity contribution in [1.29, 1.82) is 0 Å². The second kappa shape index (κ2) is 3.74. The van der Waals surface area contributed by atoms with E-state index in [4.69, 9.17) is 11.6 Å². The largest absolute Gasteiger partial charge is 0.370 e. The lowest BCUT2D eigenvalue weighted by atomic mass is 10.00. The summed E-state index contributed by atoms with van der Waals surface area (Å²) in [7, 11) is 0. The van der Waals surface area contributed by atoms with E-state index in [1.165, 1.54) is 0 Å². The van der Waals surface area contributed by atoms with Crippen molar-refractivity contribution in [3.8, 4) is 0 Å². The minimum atomic E-state index is -0.207. The molecule has 0 aromatic heterocycles. The van der Waals surface area contributed by atoms with E-state index < -0.39 is 0 Å². The van der Waals surface area contributed by atoms with Crippen LogP contribution in [0.5, 0.6) is 0 Å². The van der Waals surface area contributed by atoms with Gasteiger partial charge in [0.1, 0.15) is 0 Å². The Bertz CT molecular complexity index is 481. The lowest BCUT2D eigenvalue weighted by molar-refractivity contribution is -0.126. The van der Waals surface area contributed by atoms with Gasteiger partial charge in [-0.25, -0.2) is 0 Å². The van der Waals surface area contributed by atoms with Crippen LogP contribution in [0.4, 0.5) is 5.69 Å². The van der Waals surface area contributed by atoms with Crippen molar-refractivity contribution < 1.29 is 9.59 Å². The van der Waals surface area contributed by atoms with Gasteiger partial charge >= 0.3 is 0 Å². The Labute approximate surface area is 104 Å². The molecule has 88 valence electrons. The molecule has 2 fully saturated rings. The summed E-state index contributed by atoms with van der Waals surface area (Å²) in [5.41, 5.74) is 0.965. The van der Waals surface area contributed by atoms with Gasteiger partial charge in [-0.15, -0.1) is 0 Å². The predicted molar refractivity (Wildman–Crippen MR) is 63.8 cm³/mol. The number of rotatable bonds is 1. The highest BCUT2D eigenvalue weighted by molar-refractivity contribution is 6.30. The number of hydrogen-bond acceptors (Lipinski definition) is 3. The fourth-order valence-corrected chi connectivity index (χ4v) is 2.71. The Balaban J connectivity index is 1.85. The molecule has 2 aliphatic rings. The molecule has 17 heavy (non-hydrogen) atoms. The van der Waals surface area contributed by atoms with Gasteiger partial charge in [0.15, 0.2) is 0 Å². The van der Waals surface area contributed by atoms with Gasteiger partial charge in [0, 0.05) is 23.8 Å². The molecule has 5 heteroatoms. The van der Waals surface area contributed by atoms with Gasteiger partial charge in [0.25, 0.3) is 0 Å². The van der Waals surface area contributed by atoms with Gasteiger partial charge in [0.05, 0.1) is 11.8 Å². The number of nitrogens with zero attached hydrogens (tertiary/aromatic N) is 1. The second-order valence-corrected chi connectivity index (χ2v) is 4.89. The summed E-state index contributed by atoms with van der Waals surface area (Å²) >= 11 is 5.93. The Morgan fingerprint density at radius 3 is 2.41 bits per heavy atom. The van der Waals surface area contributed by atoms with Gasteiger partial charge in [-0.2, -0.15) is 0 Å². The molecule has 2 aliphatic heterocycles. The van der Waals surface area contributed by atoms with Crippen LogP contribution in [0.3, 0.4) is 0 Å². The van der Waals surface area contributed by atoms with E-state index in [1.54, 1.807) is 6.07 Å². The number of imide groups is 1. The van der Waals surface area contributed by atoms with Crippen LogP contribution in [-0.4, -0.2) is 24.9 Å². The standard InChI is InChI=1S/C12H11ClN2O2/c13-7-2-1-3-8(4-7)15-5-9-10(6-15)12(17)14-11(9)16/h1-4,9-10H,5-6H2,(H,14,16,17). The molecule has 0 bridgehead atoms. The lowest BCUT2D eigenvalue weighted by Crippen LogP contribution is -2.31. The summed E-state index contributed by atoms with van der Waals surface area (Å²) in [5.74, 6) is -0.711. The molecule has 0 saturated carbocycles. The molecule has 1 aromatic rings. The zero-order valence-electron chi connectivity index (χ0n) is 9.02. The molecule has 0 aliphatic carbocycles. The maximum Gasteiger partial charge on any atom is 0.232 e. The highest BCUT2D eigenvalue weighted by Gasteiger charge is 2.47. The molecular formula is C12H11ClN2O2. The van der Waals surface area contributed by atoms with Gasteiger partial charge in [-0.05, 0) is 18.2 Å². The van der Waals surface area contributed by atoms with Crippen LogP contribution in [0.15, 0.2) is 24.3 Å². The Morgan fingerprint density at radius 1 is 1.18 bits per heavy atom. The van der Waals surface area contributed by atoms with Gasteiger partial charge in [0.2, 0.25) is 11.8 Å². The summed E-state index contributed by atoms with van der Waals surface area (Å²) < 4.78 is 0. The minimum Gasteiger partial charge on any atom is -0.370 e. The Hall–Kier alpha value is -1.55. The fourth-order valence-electron chi connectivity index (χ4n) is 2.53. The smallest absolute Gasteiger partial charge is 0.232 e. The van der Waals surface area contributed by atoms with Crippen molar-refractivity contribution in [2.45, 2.75) is 0 Å². The topological polar surface area (TPSA) is 49.4 Å². The summed E-state index contributed by atoms with van der Waals surface area (Å²) in [5, 5.41) is 3.03. The van der Waals surface area contributed by atoms with Crippen LogP contribution < -0.4 is 10.2 Å². The first kappa shape index (κ1) is 10.6. The maximum atomic E-state index is 11.5. The number of carbonyl (C=O) groups is 2. The Morgan fingerprint density at radius 2 is 1.82 bits per heavy atom. The van der Waals surface area contributed by atoms with E-state index in [9.17, 15) is 9.59 Å². The van der Waals surface area contributed by atoms with Crippen LogP contribution in [0.25, 0.3) is 0 Å². The summed E-state index contributed by atoms with van der Waals surface area (Å²) in [6.07, 6.45) is 0. The van der Waals surface area contributed by atoms with Gasteiger partial charge in [-0.1, -0.05) is 17.7 Å². The van der Waals surface area contributed by atoms with Gasteiger partial charge in [-0.3, -0.25) is 14.9 Å². The zero-order chi connectivity index (χ0) is 12.0. The third-order valence-electron chi connectivity index (χ3n) is 3.41.